The van der Waals surface area contributed by atoms with E-state index in [1.165, 1.54) is 0 Å². The molecule has 5 nitrogen and oxygen atoms in total. The van der Waals surface area contributed by atoms with Gasteiger partial charge in [0, 0.05) is 32.4 Å². The fourth-order valence-corrected chi connectivity index (χ4v) is 2.58. The Morgan fingerprint density at radius 1 is 1.44 bits per heavy atom. The first kappa shape index (κ1) is 13.5. The fourth-order valence-electron chi connectivity index (χ4n) is 2.58. The number of rotatable bonds is 4. The van der Waals surface area contributed by atoms with Gasteiger partial charge in [0.25, 0.3) is 0 Å². The van der Waals surface area contributed by atoms with Crippen molar-refractivity contribution < 1.29 is 5.11 Å². The molecule has 1 aromatic heterocycles. The summed E-state index contributed by atoms with van der Waals surface area (Å²) in [7, 11) is 4.19. The third-order valence-corrected chi connectivity index (χ3v) is 3.75. The number of hydrogen-bond acceptors (Lipinski definition) is 4. The average molecular weight is 252 g/mol. The summed E-state index contributed by atoms with van der Waals surface area (Å²) in [6, 6.07) is 2.08. The van der Waals surface area contributed by atoms with Gasteiger partial charge < -0.3 is 10.0 Å². The van der Waals surface area contributed by atoms with Crippen molar-refractivity contribution in [1.29, 1.82) is 0 Å². The Balaban J connectivity index is 2.13. The maximum atomic E-state index is 10.6. The number of nitrogens with zero attached hydrogens (tertiary/aromatic N) is 4. The van der Waals surface area contributed by atoms with Crippen LogP contribution in [0.3, 0.4) is 0 Å². The number of aromatic nitrogens is 2. The summed E-state index contributed by atoms with van der Waals surface area (Å²) >= 11 is 0. The maximum Gasteiger partial charge on any atom is 0.112 e. The number of likely N-dealkylation sites (N-methyl/N-ethyl adjacent to an activating group) is 2. The highest BCUT2D eigenvalue weighted by Crippen LogP contribution is 2.23. The van der Waals surface area contributed by atoms with Crippen molar-refractivity contribution in [3.8, 4) is 0 Å². The summed E-state index contributed by atoms with van der Waals surface area (Å²) in [5, 5.41) is 14.9. The van der Waals surface area contributed by atoms with E-state index in [9.17, 15) is 5.11 Å². The molecule has 0 bridgehead atoms. The van der Waals surface area contributed by atoms with E-state index < -0.39 is 6.10 Å². The van der Waals surface area contributed by atoms with Crippen LogP contribution in [0.1, 0.15) is 25.1 Å². The highest BCUT2D eigenvalue weighted by Gasteiger charge is 2.31. The van der Waals surface area contributed by atoms with Crippen LogP contribution in [0.2, 0.25) is 0 Å². The zero-order valence-electron chi connectivity index (χ0n) is 11.6. The molecule has 0 amide bonds. The summed E-state index contributed by atoms with van der Waals surface area (Å²) in [6.45, 7) is 5.95. The quantitative estimate of drug-likeness (QED) is 0.851. The van der Waals surface area contributed by atoms with Crippen LogP contribution in [0.5, 0.6) is 0 Å². The van der Waals surface area contributed by atoms with Crippen LogP contribution >= 0.6 is 0 Å². The molecule has 0 aromatic carbocycles. The normalized spacial score (nSPS) is 24.3. The van der Waals surface area contributed by atoms with E-state index >= 15 is 0 Å². The minimum absolute atomic E-state index is 0.149. The van der Waals surface area contributed by atoms with Gasteiger partial charge in [-0.25, -0.2) is 0 Å². The molecule has 1 saturated heterocycles. The van der Waals surface area contributed by atoms with E-state index in [0.29, 0.717) is 0 Å². The highest BCUT2D eigenvalue weighted by atomic mass is 16.3. The third-order valence-electron chi connectivity index (χ3n) is 3.75. The number of aliphatic hydroxyl groups excluding tert-OH is 1. The van der Waals surface area contributed by atoms with Crippen LogP contribution in [0.25, 0.3) is 0 Å². The van der Waals surface area contributed by atoms with Gasteiger partial charge >= 0.3 is 0 Å². The van der Waals surface area contributed by atoms with Crippen molar-refractivity contribution in [3.05, 3.63) is 18.0 Å². The summed E-state index contributed by atoms with van der Waals surface area (Å²) in [5.41, 5.74) is 0.934. The SMILES string of the molecule is CCCn1nccc1C(O)C1CN(C)CCN1C. The van der Waals surface area contributed by atoms with Gasteiger partial charge in [0.1, 0.15) is 6.10 Å². The fraction of sp³-hybridized carbons (Fsp3) is 0.769. The van der Waals surface area contributed by atoms with Gasteiger partial charge in [-0.15, -0.1) is 0 Å². The summed E-state index contributed by atoms with van der Waals surface area (Å²) < 4.78 is 1.92. The lowest BCUT2D eigenvalue weighted by molar-refractivity contribution is 0.00946. The summed E-state index contributed by atoms with van der Waals surface area (Å²) in [5.74, 6) is 0. The smallest absolute Gasteiger partial charge is 0.112 e. The molecule has 0 aliphatic carbocycles. The van der Waals surface area contributed by atoms with Crippen molar-refractivity contribution in [1.82, 2.24) is 19.6 Å². The molecule has 2 atom stereocenters. The van der Waals surface area contributed by atoms with Crippen molar-refractivity contribution in [2.75, 3.05) is 33.7 Å². The van der Waals surface area contributed by atoms with Crippen LogP contribution in [-0.2, 0) is 6.54 Å². The van der Waals surface area contributed by atoms with Gasteiger partial charge in [0.2, 0.25) is 0 Å². The maximum absolute atomic E-state index is 10.6. The van der Waals surface area contributed by atoms with E-state index in [0.717, 1.165) is 38.3 Å². The predicted molar refractivity (Wildman–Crippen MR) is 71.4 cm³/mol. The lowest BCUT2D eigenvalue weighted by Gasteiger charge is -2.40. The molecule has 1 aromatic rings. The summed E-state index contributed by atoms with van der Waals surface area (Å²) in [6.07, 6.45) is 2.34. The Morgan fingerprint density at radius 3 is 2.94 bits per heavy atom. The second-order valence-corrected chi connectivity index (χ2v) is 5.23. The lowest BCUT2D eigenvalue weighted by atomic mass is 10.0. The minimum atomic E-state index is -0.466. The molecular weight excluding hydrogens is 228 g/mol. The molecule has 2 unspecified atom stereocenters. The Labute approximate surface area is 109 Å². The largest absolute Gasteiger partial charge is 0.385 e. The molecule has 1 fully saturated rings. The van der Waals surface area contributed by atoms with Crippen LogP contribution in [0.4, 0.5) is 0 Å². The van der Waals surface area contributed by atoms with Gasteiger partial charge in [-0.2, -0.15) is 5.10 Å². The van der Waals surface area contributed by atoms with Crippen LogP contribution in [0, 0.1) is 0 Å². The second-order valence-electron chi connectivity index (χ2n) is 5.23. The highest BCUT2D eigenvalue weighted by molar-refractivity contribution is 5.08. The van der Waals surface area contributed by atoms with Crippen molar-refractivity contribution in [2.45, 2.75) is 32.0 Å². The lowest BCUT2D eigenvalue weighted by Crippen LogP contribution is -2.52. The molecule has 1 aliphatic heterocycles. The van der Waals surface area contributed by atoms with E-state index in [4.69, 9.17) is 0 Å². The number of hydrogen-bond donors (Lipinski definition) is 1. The van der Waals surface area contributed by atoms with Gasteiger partial charge in [-0.05, 0) is 26.6 Å². The van der Waals surface area contributed by atoms with Gasteiger partial charge in [0.15, 0.2) is 0 Å². The molecule has 1 aliphatic rings. The van der Waals surface area contributed by atoms with Crippen LogP contribution < -0.4 is 0 Å². The Morgan fingerprint density at radius 2 is 2.22 bits per heavy atom. The zero-order valence-corrected chi connectivity index (χ0v) is 11.6. The standard InChI is InChI=1S/C13H24N4O/c1-4-7-17-11(5-6-14-17)13(18)12-10-15(2)8-9-16(12)3/h5-6,12-13,18H,4,7-10H2,1-3H3. The van der Waals surface area contributed by atoms with Gasteiger partial charge in [-0.1, -0.05) is 6.92 Å². The van der Waals surface area contributed by atoms with E-state index in [2.05, 4.69) is 35.9 Å². The minimum Gasteiger partial charge on any atom is -0.385 e. The topological polar surface area (TPSA) is 44.5 Å². The molecule has 2 rings (SSSR count). The molecule has 5 heteroatoms. The van der Waals surface area contributed by atoms with Crippen molar-refractivity contribution >= 4 is 0 Å². The third kappa shape index (κ3) is 2.74. The molecule has 2 heterocycles. The van der Waals surface area contributed by atoms with E-state index in [-0.39, 0.29) is 6.04 Å². The molecule has 102 valence electrons. The van der Waals surface area contributed by atoms with Crippen LogP contribution in [0.15, 0.2) is 12.3 Å². The molecule has 0 spiro atoms. The van der Waals surface area contributed by atoms with E-state index in [1.54, 1.807) is 6.20 Å². The molecule has 0 radical (unpaired) electrons. The van der Waals surface area contributed by atoms with Crippen LogP contribution in [-0.4, -0.2) is 64.5 Å². The second kappa shape index (κ2) is 5.82. The first-order chi connectivity index (χ1) is 8.63. The monoisotopic (exact) mass is 252 g/mol. The average Bonchev–Trinajstić information content (AvgIpc) is 2.80. The molecular formula is C13H24N4O. The zero-order chi connectivity index (χ0) is 13.1. The Hall–Kier alpha value is -0.910. The predicted octanol–water partition coefficient (Wildman–Crippen LogP) is 0.572. The number of piperazine rings is 1. The summed E-state index contributed by atoms with van der Waals surface area (Å²) in [4.78, 5) is 4.52. The number of aliphatic hydroxyl groups is 1. The van der Waals surface area contributed by atoms with Crippen molar-refractivity contribution in [3.63, 3.8) is 0 Å². The molecule has 0 saturated carbocycles. The molecule has 18 heavy (non-hydrogen) atoms. The van der Waals surface area contributed by atoms with Gasteiger partial charge in [0.05, 0.1) is 11.7 Å². The number of aryl methyl sites for hydroxylation is 1. The first-order valence-electron chi connectivity index (χ1n) is 6.72. The van der Waals surface area contributed by atoms with E-state index in [1.807, 2.05) is 10.7 Å². The van der Waals surface area contributed by atoms with Gasteiger partial charge in [-0.3, -0.25) is 9.58 Å². The Bertz CT molecular complexity index is 379. The first-order valence-corrected chi connectivity index (χ1v) is 6.72. The Kier molecular flexibility index (Phi) is 4.37. The van der Waals surface area contributed by atoms with Crippen molar-refractivity contribution in [2.24, 2.45) is 0 Å². The molecule has 1 N–H and O–H groups in total.